The number of benzene rings is 1. The zero-order valence-electron chi connectivity index (χ0n) is 15.6. The number of guanidine groups is 1. The first-order valence-electron chi connectivity index (χ1n) is 9.17. The monoisotopic (exact) mass is 345 g/mol. The maximum Gasteiger partial charge on any atom is 0.251 e. The number of aliphatic imine (C=N–C) groups is 1. The summed E-state index contributed by atoms with van der Waals surface area (Å²) >= 11 is 0. The van der Waals surface area contributed by atoms with Crippen LogP contribution in [0.4, 0.5) is 0 Å². The molecule has 0 aliphatic carbocycles. The topological polar surface area (TPSA) is 68.8 Å². The van der Waals surface area contributed by atoms with Crippen molar-refractivity contribution in [3.8, 4) is 0 Å². The molecule has 0 bridgehead atoms. The van der Waals surface area contributed by atoms with Crippen molar-refractivity contribution in [2.24, 2.45) is 4.99 Å². The Kier molecular flexibility index (Phi) is 7.73. The van der Waals surface area contributed by atoms with E-state index in [-0.39, 0.29) is 5.91 Å². The summed E-state index contributed by atoms with van der Waals surface area (Å²) in [7, 11) is 3.82. The predicted molar refractivity (Wildman–Crippen MR) is 103 cm³/mol. The highest BCUT2D eigenvalue weighted by Gasteiger charge is 2.20. The average molecular weight is 345 g/mol. The molecular weight excluding hydrogens is 314 g/mol. The molecule has 1 aliphatic rings. The Hall–Kier alpha value is -2.08. The molecule has 6 heteroatoms. The fourth-order valence-electron chi connectivity index (χ4n) is 3.09. The minimum absolute atomic E-state index is 0.0506. The van der Waals surface area contributed by atoms with Gasteiger partial charge in [-0.25, -0.2) is 0 Å². The minimum Gasteiger partial charge on any atom is -0.357 e. The molecule has 1 aliphatic heterocycles. The van der Waals surface area contributed by atoms with Crippen LogP contribution in [0.15, 0.2) is 29.3 Å². The minimum atomic E-state index is -0.0506. The average Bonchev–Trinajstić information content (AvgIpc) is 3.04. The lowest BCUT2D eigenvalue weighted by Crippen LogP contribution is -2.39. The molecule has 1 amide bonds. The van der Waals surface area contributed by atoms with Crippen LogP contribution in [0, 0.1) is 0 Å². The van der Waals surface area contributed by atoms with Gasteiger partial charge in [0.2, 0.25) is 0 Å². The Bertz CT molecular complexity index is 587. The molecule has 0 saturated carbocycles. The molecule has 0 aromatic heterocycles. The number of likely N-dealkylation sites (N-methyl/N-ethyl adjacent to an activating group) is 1. The Morgan fingerprint density at radius 1 is 1.36 bits per heavy atom. The summed E-state index contributed by atoms with van der Waals surface area (Å²) in [4.78, 5) is 18.8. The largest absolute Gasteiger partial charge is 0.357 e. The van der Waals surface area contributed by atoms with Gasteiger partial charge >= 0.3 is 0 Å². The van der Waals surface area contributed by atoms with Gasteiger partial charge in [-0.15, -0.1) is 0 Å². The Balaban J connectivity index is 1.85. The molecule has 1 fully saturated rings. The van der Waals surface area contributed by atoms with Crippen molar-refractivity contribution >= 4 is 11.9 Å². The second-order valence-corrected chi connectivity index (χ2v) is 6.45. The maximum absolute atomic E-state index is 11.7. The third-order valence-corrected chi connectivity index (χ3v) is 4.60. The second kappa shape index (κ2) is 10.0. The number of hydrogen-bond acceptors (Lipinski definition) is 3. The number of likely N-dealkylation sites (tertiary alicyclic amines) is 1. The van der Waals surface area contributed by atoms with E-state index < -0.39 is 0 Å². The molecule has 1 atom stereocenters. The van der Waals surface area contributed by atoms with E-state index >= 15 is 0 Å². The molecule has 0 spiro atoms. The van der Waals surface area contributed by atoms with Crippen molar-refractivity contribution in [2.75, 3.05) is 40.3 Å². The molecule has 25 heavy (non-hydrogen) atoms. The van der Waals surface area contributed by atoms with Crippen LogP contribution in [-0.4, -0.2) is 63.1 Å². The second-order valence-electron chi connectivity index (χ2n) is 6.45. The highest BCUT2D eigenvalue weighted by molar-refractivity contribution is 5.94. The number of hydrogen-bond donors (Lipinski definition) is 3. The lowest BCUT2D eigenvalue weighted by molar-refractivity contribution is 0.0963. The lowest BCUT2D eigenvalue weighted by Gasteiger charge is -2.18. The van der Waals surface area contributed by atoms with E-state index in [2.05, 4.69) is 34.8 Å². The Labute approximate surface area is 151 Å². The van der Waals surface area contributed by atoms with Gasteiger partial charge in [0.25, 0.3) is 5.91 Å². The van der Waals surface area contributed by atoms with E-state index in [0.29, 0.717) is 11.6 Å². The zero-order chi connectivity index (χ0) is 18.1. The number of rotatable bonds is 7. The van der Waals surface area contributed by atoms with E-state index in [9.17, 15) is 4.79 Å². The summed E-state index contributed by atoms with van der Waals surface area (Å²) in [6.07, 6.45) is 3.34. The van der Waals surface area contributed by atoms with Gasteiger partial charge in [0, 0.05) is 31.7 Å². The molecule has 3 N–H and O–H groups in total. The summed E-state index contributed by atoms with van der Waals surface area (Å²) in [6.45, 7) is 5.71. The van der Waals surface area contributed by atoms with Crippen LogP contribution in [0.1, 0.15) is 35.7 Å². The van der Waals surface area contributed by atoms with Crippen LogP contribution < -0.4 is 16.0 Å². The molecule has 0 radical (unpaired) electrons. The van der Waals surface area contributed by atoms with E-state index in [1.54, 1.807) is 7.05 Å². The van der Waals surface area contributed by atoms with E-state index in [1.807, 2.05) is 24.3 Å². The van der Waals surface area contributed by atoms with E-state index in [4.69, 9.17) is 4.99 Å². The highest BCUT2D eigenvalue weighted by atomic mass is 16.1. The molecule has 1 unspecified atom stereocenters. The molecule has 2 rings (SSSR count). The van der Waals surface area contributed by atoms with Crippen LogP contribution in [0.5, 0.6) is 0 Å². The van der Waals surface area contributed by atoms with Gasteiger partial charge in [-0.05, 0) is 57.5 Å². The third kappa shape index (κ3) is 6.05. The van der Waals surface area contributed by atoms with Crippen LogP contribution in [-0.2, 0) is 6.42 Å². The first-order valence-corrected chi connectivity index (χ1v) is 9.17. The molecule has 1 heterocycles. The summed E-state index contributed by atoms with van der Waals surface area (Å²) in [5, 5.41) is 9.35. The zero-order valence-corrected chi connectivity index (χ0v) is 15.6. The van der Waals surface area contributed by atoms with Gasteiger partial charge < -0.3 is 20.9 Å². The first-order chi connectivity index (χ1) is 12.1. The van der Waals surface area contributed by atoms with Gasteiger partial charge in [-0.3, -0.25) is 9.79 Å². The Morgan fingerprint density at radius 3 is 2.88 bits per heavy atom. The fraction of sp³-hybridized carbons (Fsp3) is 0.579. The molecule has 1 aromatic carbocycles. The normalized spacial score (nSPS) is 18.2. The lowest BCUT2D eigenvalue weighted by atomic mass is 10.1. The highest BCUT2D eigenvalue weighted by Crippen LogP contribution is 2.14. The molecule has 1 aromatic rings. The van der Waals surface area contributed by atoms with E-state index in [0.717, 1.165) is 37.6 Å². The number of nitrogens with zero attached hydrogens (tertiary/aromatic N) is 2. The smallest absolute Gasteiger partial charge is 0.251 e. The van der Waals surface area contributed by atoms with Crippen molar-refractivity contribution in [3.05, 3.63) is 35.4 Å². The quantitative estimate of drug-likeness (QED) is 0.514. The van der Waals surface area contributed by atoms with Crippen molar-refractivity contribution in [1.82, 2.24) is 20.9 Å². The van der Waals surface area contributed by atoms with Crippen LogP contribution in [0.3, 0.4) is 0 Å². The number of carbonyl (C=O) groups excluding carboxylic acids is 1. The number of amides is 1. The van der Waals surface area contributed by atoms with Crippen LogP contribution >= 0.6 is 0 Å². The van der Waals surface area contributed by atoms with Gasteiger partial charge in [0.05, 0.1) is 6.54 Å². The predicted octanol–water partition coefficient (Wildman–Crippen LogP) is 1.24. The third-order valence-electron chi connectivity index (χ3n) is 4.60. The summed E-state index contributed by atoms with van der Waals surface area (Å²) in [5.74, 6) is 0.815. The van der Waals surface area contributed by atoms with Gasteiger partial charge in [0.1, 0.15) is 0 Å². The van der Waals surface area contributed by atoms with Crippen molar-refractivity contribution in [3.63, 3.8) is 0 Å². The van der Waals surface area contributed by atoms with Crippen molar-refractivity contribution in [2.45, 2.75) is 32.2 Å². The fourth-order valence-corrected chi connectivity index (χ4v) is 3.09. The molecular formula is C19H31N5O. The van der Waals surface area contributed by atoms with Gasteiger partial charge in [-0.2, -0.15) is 0 Å². The summed E-state index contributed by atoms with van der Waals surface area (Å²) in [6, 6.07) is 8.30. The first kappa shape index (κ1) is 19.2. The standard InChI is InChI=1S/C19H31N5O/c1-4-21-19(23-14-17-9-6-12-24(17)3)22-11-10-15-7-5-8-16(13-15)18(25)20-2/h5,7-8,13,17H,4,6,9-12,14H2,1-3H3,(H,20,25)(H2,21,22,23). The summed E-state index contributed by atoms with van der Waals surface area (Å²) in [5.41, 5.74) is 1.84. The molecule has 1 saturated heterocycles. The SMILES string of the molecule is CCNC(=NCC1CCCN1C)NCCc1cccc(C(=O)NC)c1. The number of carbonyl (C=O) groups is 1. The molecule has 6 nitrogen and oxygen atoms in total. The molecule has 138 valence electrons. The van der Waals surface area contributed by atoms with Crippen LogP contribution in [0.2, 0.25) is 0 Å². The maximum atomic E-state index is 11.7. The van der Waals surface area contributed by atoms with E-state index in [1.165, 1.54) is 19.4 Å². The van der Waals surface area contributed by atoms with Crippen molar-refractivity contribution in [1.29, 1.82) is 0 Å². The van der Waals surface area contributed by atoms with Gasteiger partial charge in [0.15, 0.2) is 5.96 Å². The van der Waals surface area contributed by atoms with Gasteiger partial charge in [-0.1, -0.05) is 12.1 Å². The Morgan fingerprint density at radius 2 is 2.20 bits per heavy atom. The summed E-state index contributed by atoms with van der Waals surface area (Å²) < 4.78 is 0. The number of nitrogens with one attached hydrogen (secondary N) is 3. The van der Waals surface area contributed by atoms with Crippen LogP contribution in [0.25, 0.3) is 0 Å². The van der Waals surface area contributed by atoms with Crippen molar-refractivity contribution < 1.29 is 4.79 Å².